The molecule has 1 fully saturated rings. The van der Waals surface area contributed by atoms with Crippen LogP contribution >= 0.6 is 0 Å². The highest BCUT2D eigenvalue weighted by molar-refractivity contribution is 5.91. The van der Waals surface area contributed by atoms with E-state index in [2.05, 4.69) is 29.0 Å². The first-order valence-electron chi connectivity index (χ1n) is 9.21. The van der Waals surface area contributed by atoms with E-state index in [0.29, 0.717) is 30.0 Å². The molecular formula is C20H27N3O3. The van der Waals surface area contributed by atoms with Gasteiger partial charge in [0.1, 0.15) is 5.75 Å². The Balaban J connectivity index is 1.67. The molecule has 0 bridgehead atoms. The topological polar surface area (TPSA) is 67.6 Å². The summed E-state index contributed by atoms with van der Waals surface area (Å²) in [6.07, 6.45) is 7.04. The van der Waals surface area contributed by atoms with E-state index in [1.807, 2.05) is 18.2 Å². The van der Waals surface area contributed by atoms with Crippen LogP contribution in [0.15, 0.2) is 35.2 Å². The molecule has 1 aliphatic rings. The Labute approximate surface area is 154 Å². The molecule has 0 radical (unpaired) electrons. The molecule has 1 N–H and O–H groups in total. The lowest BCUT2D eigenvalue weighted by Gasteiger charge is -2.38. The Bertz CT molecular complexity index is 728. The molecule has 0 spiro atoms. The molecule has 0 saturated carbocycles. The van der Waals surface area contributed by atoms with Crippen LogP contribution in [0.25, 0.3) is 11.3 Å². The van der Waals surface area contributed by atoms with Crippen LogP contribution in [0.1, 0.15) is 39.5 Å². The molecule has 1 aromatic carbocycles. The summed E-state index contributed by atoms with van der Waals surface area (Å²) >= 11 is 0. The number of ether oxygens (including phenoxy) is 1. The maximum atomic E-state index is 12.6. The second kappa shape index (κ2) is 8.36. The van der Waals surface area contributed by atoms with Gasteiger partial charge in [-0.3, -0.25) is 9.69 Å². The van der Waals surface area contributed by atoms with Crippen molar-refractivity contribution in [3.05, 3.63) is 30.8 Å². The van der Waals surface area contributed by atoms with Crippen LogP contribution in [0.3, 0.4) is 0 Å². The van der Waals surface area contributed by atoms with Crippen LogP contribution in [0, 0.1) is 0 Å². The van der Waals surface area contributed by atoms with Crippen molar-refractivity contribution in [3.63, 3.8) is 0 Å². The van der Waals surface area contributed by atoms with Gasteiger partial charge in [0.15, 0.2) is 12.2 Å². The standard InChI is InChI=1S/C20H27N3O3/c1-14(2)23-9-5-4-6-16(23)11-20(24)22-15-7-8-17(18(10-15)25-3)19-12-21-13-26-19/h7-8,10,12-14,16H,4-6,9,11H2,1-3H3,(H,22,24). The molecule has 1 aromatic heterocycles. The lowest BCUT2D eigenvalue weighted by molar-refractivity contribution is -0.117. The Kier molecular flexibility index (Phi) is 5.93. The Morgan fingerprint density at radius 1 is 1.42 bits per heavy atom. The van der Waals surface area contributed by atoms with Crippen molar-refractivity contribution in [3.8, 4) is 17.1 Å². The third-order valence-electron chi connectivity index (χ3n) is 4.94. The van der Waals surface area contributed by atoms with Gasteiger partial charge in [-0.15, -0.1) is 0 Å². The number of benzene rings is 1. The van der Waals surface area contributed by atoms with Crippen molar-refractivity contribution in [2.75, 3.05) is 19.0 Å². The van der Waals surface area contributed by atoms with E-state index in [1.54, 1.807) is 13.3 Å². The fourth-order valence-electron chi connectivity index (χ4n) is 3.67. The van der Waals surface area contributed by atoms with Crippen molar-refractivity contribution in [2.45, 2.75) is 51.6 Å². The number of anilines is 1. The number of hydrogen-bond acceptors (Lipinski definition) is 5. The highest BCUT2D eigenvalue weighted by Crippen LogP contribution is 2.32. The van der Waals surface area contributed by atoms with E-state index in [4.69, 9.17) is 9.15 Å². The maximum absolute atomic E-state index is 12.6. The molecule has 1 amide bonds. The number of methoxy groups -OCH3 is 1. The fraction of sp³-hybridized carbons (Fsp3) is 0.500. The minimum Gasteiger partial charge on any atom is -0.496 e. The Hall–Kier alpha value is -2.34. The number of likely N-dealkylation sites (tertiary alicyclic amines) is 1. The fourth-order valence-corrected chi connectivity index (χ4v) is 3.67. The van der Waals surface area contributed by atoms with Gasteiger partial charge in [0.2, 0.25) is 5.91 Å². The van der Waals surface area contributed by atoms with Crippen LogP contribution in [-0.4, -0.2) is 41.5 Å². The molecule has 6 heteroatoms. The molecule has 1 atom stereocenters. The second-order valence-electron chi connectivity index (χ2n) is 7.01. The zero-order chi connectivity index (χ0) is 18.5. The van der Waals surface area contributed by atoms with Gasteiger partial charge in [-0.25, -0.2) is 4.98 Å². The van der Waals surface area contributed by atoms with E-state index in [1.165, 1.54) is 19.2 Å². The zero-order valence-electron chi connectivity index (χ0n) is 15.7. The first-order chi connectivity index (χ1) is 12.6. The molecule has 1 saturated heterocycles. The predicted octanol–water partition coefficient (Wildman–Crippen LogP) is 3.94. The number of hydrogen-bond donors (Lipinski definition) is 1. The van der Waals surface area contributed by atoms with Gasteiger partial charge in [-0.2, -0.15) is 0 Å². The minimum atomic E-state index is 0.0389. The summed E-state index contributed by atoms with van der Waals surface area (Å²) in [7, 11) is 1.60. The smallest absolute Gasteiger partial charge is 0.225 e. The molecule has 3 rings (SSSR count). The van der Waals surface area contributed by atoms with Crippen molar-refractivity contribution >= 4 is 11.6 Å². The van der Waals surface area contributed by atoms with E-state index >= 15 is 0 Å². The summed E-state index contributed by atoms with van der Waals surface area (Å²) in [5.74, 6) is 1.31. The van der Waals surface area contributed by atoms with Crippen molar-refractivity contribution in [2.24, 2.45) is 0 Å². The largest absolute Gasteiger partial charge is 0.496 e. The number of carbonyl (C=O) groups is 1. The maximum Gasteiger partial charge on any atom is 0.225 e. The third-order valence-corrected chi connectivity index (χ3v) is 4.94. The van der Waals surface area contributed by atoms with Gasteiger partial charge < -0.3 is 14.5 Å². The van der Waals surface area contributed by atoms with Gasteiger partial charge in [0.05, 0.1) is 18.9 Å². The molecule has 26 heavy (non-hydrogen) atoms. The molecule has 1 aliphatic heterocycles. The lowest BCUT2D eigenvalue weighted by Crippen LogP contribution is -2.45. The SMILES string of the molecule is COc1cc(NC(=O)CC2CCCCN2C(C)C)ccc1-c1cnco1. The molecule has 2 aromatic rings. The average molecular weight is 357 g/mol. The number of nitrogens with one attached hydrogen (secondary N) is 1. The van der Waals surface area contributed by atoms with Crippen molar-refractivity contribution in [1.82, 2.24) is 9.88 Å². The summed E-state index contributed by atoms with van der Waals surface area (Å²) in [5.41, 5.74) is 1.53. The minimum absolute atomic E-state index is 0.0389. The van der Waals surface area contributed by atoms with Crippen LogP contribution in [-0.2, 0) is 4.79 Å². The third kappa shape index (κ3) is 4.25. The van der Waals surface area contributed by atoms with Crippen LogP contribution < -0.4 is 10.1 Å². The van der Waals surface area contributed by atoms with E-state index in [-0.39, 0.29) is 5.91 Å². The van der Waals surface area contributed by atoms with Crippen LogP contribution in [0.2, 0.25) is 0 Å². The highest BCUT2D eigenvalue weighted by Gasteiger charge is 2.26. The number of carbonyl (C=O) groups excluding carboxylic acids is 1. The summed E-state index contributed by atoms with van der Waals surface area (Å²) < 4.78 is 10.8. The second-order valence-corrected chi connectivity index (χ2v) is 7.01. The van der Waals surface area contributed by atoms with Gasteiger partial charge in [-0.1, -0.05) is 6.42 Å². The van der Waals surface area contributed by atoms with Crippen molar-refractivity contribution < 1.29 is 13.9 Å². The Morgan fingerprint density at radius 2 is 2.27 bits per heavy atom. The first kappa shape index (κ1) is 18.5. The highest BCUT2D eigenvalue weighted by atomic mass is 16.5. The first-order valence-corrected chi connectivity index (χ1v) is 9.21. The molecular weight excluding hydrogens is 330 g/mol. The van der Waals surface area contributed by atoms with Gasteiger partial charge in [-0.05, 0) is 45.4 Å². The van der Waals surface area contributed by atoms with E-state index < -0.39 is 0 Å². The summed E-state index contributed by atoms with van der Waals surface area (Å²) in [6.45, 7) is 5.47. The van der Waals surface area contributed by atoms with Crippen LogP contribution in [0.5, 0.6) is 5.75 Å². The number of nitrogens with zero attached hydrogens (tertiary/aromatic N) is 2. The van der Waals surface area contributed by atoms with Crippen LogP contribution in [0.4, 0.5) is 5.69 Å². The van der Waals surface area contributed by atoms with Gasteiger partial charge in [0.25, 0.3) is 0 Å². The normalized spacial score (nSPS) is 18.1. The summed E-state index contributed by atoms with van der Waals surface area (Å²) in [4.78, 5) is 18.9. The summed E-state index contributed by atoms with van der Waals surface area (Å²) in [6, 6.07) is 6.33. The van der Waals surface area contributed by atoms with E-state index in [9.17, 15) is 4.79 Å². The number of amides is 1. The lowest BCUT2D eigenvalue weighted by atomic mass is 9.97. The molecule has 140 valence electrons. The summed E-state index contributed by atoms with van der Waals surface area (Å²) in [5, 5.41) is 3.00. The molecule has 1 unspecified atom stereocenters. The monoisotopic (exact) mass is 357 g/mol. The van der Waals surface area contributed by atoms with Gasteiger partial charge >= 0.3 is 0 Å². The molecule has 0 aliphatic carbocycles. The molecule has 6 nitrogen and oxygen atoms in total. The Morgan fingerprint density at radius 3 is 2.96 bits per heavy atom. The predicted molar refractivity (Wildman–Crippen MR) is 101 cm³/mol. The quantitative estimate of drug-likeness (QED) is 0.848. The number of piperidine rings is 1. The number of oxazole rings is 1. The zero-order valence-corrected chi connectivity index (χ0v) is 15.7. The van der Waals surface area contributed by atoms with E-state index in [0.717, 1.165) is 24.2 Å². The number of rotatable bonds is 6. The number of aromatic nitrogens is 1. The van der Waals surface area contributed by atoms with Crippen molar-refractivity contribution in [1.29, 1.82) is 0 Å². The van der Waals surface area contributed by atoms with Gasteiger partial charge in [0, 0.05) is 30.3 Å². The average Bonchev–Trinajstić information content (AvgIpc) is 3.16. The molecule has 2 heterocycles.